The Labute approximate surface area is 74.0 Å². The van der Waals surface area contributed by atoms with Gasteiger partial charge >= 0.3 is 0 Å². The van der Waals surface area contributed by atoms with Gasteiger partial charge in [-0.1, -0.05) is 12.2 Å². The van der Waals surface area contributed by atoms with Crippen LogP contribution in [0.4, 0.5) is 0 Å². The van der Waals surface area contributed by atoms with Crippen molar-refractivity contribution in [1.29, 1.82) is 0 Å². The highest BCUT2D eigenvalue weighted by molar-refractivity contribution is 5.72. The molecule has 1 aliphatic rings. The SMILES string of the molecule is CC(=O)NCC1CC=CCCC1. The number of carbonyl (C=O) groups excluding carboxylic acids is 1. The first-order valence-electron chi connectivity index (χ1n) is 4.68. The lowest BCUT2D eigenvalue weighted by molar-refractivity contribution is -0.119. The third-order valence-electron chi connectivity index (χ3n) is 2.26. The van der Waals surface area contributed by atoms with E-state index in [1.54, 1.807) is 6.92 Å². The molecule has 0 aromatic carbocycles. The number of hydrogen-bond donors (Lipinski definition) is 1. The molecule has 0 saturated heterocycles. The zero-order chi connectivity index (χ0) is 8.81. The zero-order valence-corrected chi connectivity index (χ0v) is 7.68. The maximum Gasteiger partial charge on any atom is 0.216 e. The molecule has 0 aromatic heterocycles. The Morgan fingerprint density at radius 3 is 3.17 bits per heavy atom. The first kappa shape index (κ1) is 9.30. The van der Waals surface area contributed by atoms with Gasteiger partial charge in [0, 0.05) is 13.5 Å². The van der Waals surface area contributed by atoms with E-state index in [-0.39, 0.29) is 5.91 Å². The lowest BCUT2D eigenvalue weighted by atomic mass is 10.0. The average Bonchev–Trinajstić information content (AvgIpc) is 2.28. The van der Waals surface area contributed by atoms with E-state index >= 15 is 0 Å². The van der Waals surface area contributed by atoms with Crippen LogP contribution in [-0.4, -0.2) is 12.5 Å². The molecular formula is C10H17NO. The maximum atomic E-state index is 10.6. The summed E-state index contributed by atoms with van der Waals surface area (Å²) in [5, 5.41) is 2.87. The van der Waals surface area contributed by atoms with Gasteiger partial charge in [0.05, 0.1) is 0 Å². The fraction of sp³-hybridized carbons (Fsp3) is 0.700. The van der Waals surface area contributed by atoms with Crippen LogP contribution < -0.4 is 5.32 Å². The van der Waals surface area contributed by atoms with Crippen LogP contribution in [0.25, 0.3) is 0 Å². The van der Waals surface area contributed by atoms with Crippen LogP contribution in [0.2, 0.25) is 0 Å². The van der Waals surface area contributed by atoms with Crippen molar-refractivity contribution in [2.45, 2.75) is 32.6 Å². The smallest absolute Gasteiger partial charge is 0.216 e. The van der Waals surface area contributed by atoms with E-state index in [0.29, 0.717) is 5.92 Å². The summed E-state index contributed by atoms with van der Waals surface area (Å²) >= 11 is 0. The predicted octanol–water partition coefficient (Wildman–Crippen LogP) is 1.87. The molecule has 12 heavy (non-hydrogen) atoms. The molecule has 68 valence electrons. The van der Waals surface area contributed by atoms with E-state index < -0.39 is 0 Å². The molecular weight excluding hydrogens is 150 g/mol. The van der Waals surface area contributed by atoms with Crippen molar-refractivity contribution in [3.05, 3.63) is 12.2 Å². The van der Waals surface area contributed by atoms with Gasteiger partial charge in [-0.2, -0.15) is 0 Å². The summed E-state index contributed by atoms with van der Waals surface area (Å²) in [6.45, 7) is 2.42. The van der Waals surface area contributed by atoms with Crippen molar-refractivity contribution < 1.29 is 4.79 Å². The van der Waals surface area contributed by atoms with Gasteiger partial charge in [0.2, 0.25) is 5.91 Å². The molecule has 1 amide bonds. The van der Waals surface area contributed by atoms with Crippen molar-refractivity contribution in [3.63, 3.8) is 0 Å². The normalized spacial score (nSPS) is 23.2. The number of nitrogens with one attached hydrogen (secondary N) is 1. The van der Waals surface area contributed by atoms with Crippen molar-refractivity contribution in [2.75, 3.05) is 6.54 Å². The Hall–Kier alpha value is -0.790. The van der Waals surface area contributed by atoms with Gasteiger partial charge in [0.1, 0.15) is 0 Å². The van der Waals surface area contributed by atoms with E-state index in [2.05, 4.69) is 17.5 Å². The van der Waals surface area contributed by atoms with Crippen LogP contribution in [0.15, 0.2) is 12.2 Å². The molecule has 0 aliphatic heterocycles. The highest BCUT2D eigenvalue weighted by Crippen LogP contribution is 2.16. The highest BCUT2D eigenvalue weighted by Gasteiger charge is 2.08. The molecule has 1 N–H and O–H groups in total. The van der Waals surface area contributed by atoms with E-state index in [4.69, 9.17) is 0 Å². The van der Waals surface area contributed by atoms with Crippen LogP contribution in [0, 0.1) is 5.92 Å². The largest absolute Gasteiger partial charge is 0.356 e. The van der Waals surface area contributed by atoms with Crippen molar-refractivity contribution in [2.24, 2.45) is 5.92 Å². The third kappa shape index (κ3) is 3.56. The molecule has 1 rings (SSSR count). The molecule has 1 atom stereocenters. The second-order valence-electron chi connectivity index (χ2n) is 3.44. The Morgan fingerprint density at radius 2 is 2.42 bits per heavy atom. The summed E-state index contributed by atoms with van der Waals surface area (Å²) in [6.07, 6.45) is 9.32. The van der Waals surface area contributed by atoms with Crippen molar-refractivity contribution in [3.8, 4) is 0 Å². The lowest BCUT2D eigenvalue weighted by Gasteiger charge is -2.12. The molecule has 0 heterocycles. The number of allylic oxidation sites excluding steroid dienone is 2. The quantitative estimate of drug-likeness (QED) is 0.625. The summed E-state index contributed by atoms with van der Waals surface area (Å²) in [5.41, 5.74) is 0. The first-order chi connectivity index (χ1) is 5.79. The van der Waals surface area contributed by atoms with E-state index in [1.807, 2.05) is 0 Å². The number of carbonyl (C=O) groups is 1. The molecule has 2 heteroatoms. The molecule has 2 nitrogen and oxygen atoms in total. The minimum absolute atomic E-state index is 0.0863. The van der Waals surface area contributed by atoms with Crippen LogP contribution >= 0.6 is 0 Å². The van der Waals surface area contributed by atoms with E-state index in [0.717, 1.165) is 13.0 Å². The van der Waals surface area contributed by atoms with Gasteiger partial charge in [-0.15, -0.1) is 0 Å². The maximum absolute atomic E-state index is 10.6. The topological polar surface area (TPSA) is 29.1 Å². The highest BCUT2D eigenvalue weighted by atomic mass is 16.1. The van der Waals surface area contributed by atoms with E-state index in [1.165, 1.54) is 19.3 Å². The Kier molecular flexibility index (Phi) is 3.85. The first-order valence-corrected chi connectivity index (χ1v) is 4.68. The Balaban J connectivity index is 2.21. The summed E-state index contributed by atoms with van der Waals surface area (Å²) < 4.78 is 0. The zero-order valence-electron chi connectivity index (χ0n) is 7.68. The molecule has 1 unspecified atom stereocenters. The monoisotopic (exact) mass is 167 g/mol. The average molecular weight is 167 g/mol. The third-order valence-corrected chi connectivity index (χ3v) is 2.26. The van der Waals surface area contributed by atoms with Crippen molar-refractivity contribution in [1.82, 2.24) is 5.32 Å². The van der Waals surface area contributed by atoms with Crippen LogP contribution in [0.5, 0.6) is 0 Å². The molecule has 0 spiro atoms. The Bertz CT molecular complexity index is 175. The van der Waals surface area contributed by atoms with Gasteiger partial charge in [0.25, 0.3) is 0 Å². The molecule has 0 fully saturated rings. The minimum atomic E-state index is 0.0863. The van der Waals surface area contributed by atoms with Gasteiger partial charge in [-0.05, 0) is 31.6 Å². The second kappa shape index (κ2) is 4.96. The fourth-order valence-electron chi connectivity index (χ4n) is 1.52. The summed E-state index contributed by atoms with van der Waals surface area (Å²) in [6, 6.07) is 0. The fourth-order valence-corrected chi connectivity index (χ4v) is 1.52. The van der Waals surface area contributed by atoms with Crippen LogP contribution in [0.3, 0.4) is 0 Å². The van der Waals surface area contributed by atoms with E-state index in [9.17, 15) is 4.79 Å². The predicted molar refractivity (Wildman–Crippen MR) is 49.8 cm³/mol. The minimum Gasteiger partial charge on any atom is -0.356 e. The molecule has 0 bridgehead atoms. The number of hydrogen-bond acceptors (Lipinski definition) is 1. The van der Waals surface area contributed by atoms with Crippen molar-refractivity contribution >= 4 is 5.91 Å². The lowest BCUT2D eigenvalue weighted by Crippen LogP contribution is -2.26. The van der Waals surface area contributed by atoms with Gasteiger partial charge in [-0.25, -0.2) is 0 Å². The summed E-state index contributed by atoms with van der Waals surface area (Å²) in [7, 11) is 0. The van der Waals surface area contributed by atoms with Gasteiger partial charge in [-0.3, -0.25) is 4.79 Å². The molecule has 0 radical (unpaired) electrons. The number of amides is 1. The Morgan fingerprint density at radius 1 is 1.58 bits per heavy atom. The van der Waals surface area contributed by atoms with Crippen LogP contribution in [0.1, 0.15) is 32.6 Å². The van der Waals surface area contributed by atoms with Gasteiger partial charge in [0.15, 0.2) is 0 Å². The molecule has 1 aliphatic carbocycles. The van der Waals surface area contributed by atoms with Gasteiger partial charge < -0.3 is 5.32 Å². The van der Waals surface area contributed by atoms with Crippen LogP contribution in [-0.2, 0) is 4.79 Å². The molecule has 0 aromatic rings. The standard InChI is InChI=1S/C10H17NO/c1-9(12)11-8-10-6-4-2-3-5-7-10/h2,4,10H,3,5-8H2,1H3,(H,11,12). The molecule has 0 saturated carbocycles. The summed E-state index contributed by atoms with van der Waals surface area (Å²) in [4.78, 5) is 10.6. The summed E-state index contributed by atoms with van der Waals surface area (Å²) in [5.74, 6) is 0.746. The number of rotatable bonds is 2. The second-order valence-corrected chi connectivity index (χ2v) is 3.44.